The van der Waals surface area contributed by atoms with Crippen LogP contribution in [-0.2, 0) is 23.1 Å². The average Bonchev–Trinajstić information content (AvgIpc) is 2.71. The summed E-state index contributed by atoms with van der Waals surface area (Å²) in [5, 5.41) is 4.35. The Morgan fingerprint density at radius 2 is 2.04 bits per heavy atom. The van der Waals surface area contributed by atoms with Crippen LogP contribution in [0.25, 0.3) is 0 Å². The van der Waals surface area contributed by atoms with E-state index in [1.807, 2.05) is 34.6 Å². The second-order valence-corrected chi connectivity index (χ2v) is 7.36. The largest absolute Gasteiger partial charge is 0.472 e. The van der Waals surface area contributed by atoms with Crippen molar-refractivity contribution in [3.05, 3.63) is 10.2 Å². The first-order valence-electron chi connectivity index (χ1n) is 7.93. The van der Waals surface area contributed by atoms with Crippen LogP contribution in [0.4, 0.5) is 4.79 Å². The zero-order chi connectivity index (χ0) is 18.5. The summed E-state index contributed by atoms with van der Waals surface area (Å²) in [5.41, 5.74) is 0.246. The SMILES string of the molecule is CCN(CC(C)Oc1c(Br)c(COC)nn1C)C(=O)OC(C)(C)C. The molecule has 1 heterocycles. The molecule has 138 valence electrons. The molecule has 7 nitrogen and oxygen atoms in total. The first kappa shape index (κ1) is 20.8. The zero-order valence-corrected chi connectivity index (χ0v) is 17.1. The molecule has 1 atom stereocenters. The minimum absolute atomic E-state index is 0.223. The zero-order valence-electron chi connectivity index (χ0n) is 15.6. The molecule has 0 aliphatic heterocycles. The highest BCUT2D eigenvalue weighted by atomic mass is 79.9. The van der Waals surface area contributed by atoms with E-state index in [0.717, 1.165) is 10.2 Å². The first-order valence-corrected chi connectivity index (χ1v) is 8.73. The number of ether oxygens (including phenoxy) is 3. The van der Waals surface area contributed by atoms with Gasteiger partial charge in [-0.05, 0) is 50.5 Å². The third kappa shape index (κ3) is 5.98. The fourth-order valence-corrected chi connectivity index (χ4v) is 2.63. The van der Waals surface area contributed by atoms with Gasteiger partial charge in [0.25, 0.3) is 0 Å². The van der Waals surface area contributed by atoms with Gasteiger partial charge >= 0.3 is 6.09 Å². The molecular weight excluding hydrogens is 378 g/mol. The first-order chi connectivity index (χ1) is 11.1. The molecule has 0 fully saturated rings. The van der Waals surface area contributed by atoms with Gasteiger partial charge < -0.3 is 19.1 Å². The minimum atomic E-state index is -0.519. The Balaban J connectivity index is 2.74. The van der Waals surface area contributed by atoms with E-state index < -0.39 is 5.60 Å². The maximum absolute atomic E-state index is 12.2. The number of carbonyl (C=O) groups excluding carboxylic acids is 1. The van der Waals surface area contributed by atoms with Crippen molar-refractivity contribution in [1.82, 2.24) is 14.7 Å². The van der Waals surface area contributed by atoms with E-state index in [1.165, 1.54) is 0 Å². The van der Waals surface area contributed by atoms with Crippen LogP contribution in [0.5, 0.6) is 5.88 Å². The number of halogens is 1. The highest BCUT2D eigenvalue weighted by Gasteiger charge is 2.24. The number of aromatic nitrogens is 2. The fraction of sp³-hybridized carbons (Fsp3) is 0.750. The smallest absolute Gasteiger partial charge is 0.410 e. The second kappa shape index (κ2) is 8.71. The van der Waals surface area contributed by atoms with E-state index >= 15 is 0 Å². The van der Waals surface area contributed by atoms with Crippen LogP contribution in [0, 0.1) is 0 Å². The van der Waals surface area contributed by atoms with E-state index in [-0.39, 0.29) is 12.2 Å². The van der Waals surface area contributed by atoms with Gasteiger partial charge in [0.1, 0.15) is 21.9 Å². The minimum Gasteiger partial charge on any atom is -0.472 e. The van der Waals surface area contributed by atoms with Gasteiger partial charge in [0.2, 0.25) is 5.88 Å². The standard InChI is InChI=1S/C16H28BrN3O4/c1-8-20(15(21)24-16(3,4)5)9-11(2)23-14-13(17)12(10-22-7)18-19(14)6/h11H,8-10H2,1-7H3. The monoisotopic (exact) mass is 405 g/mol. The normalized spacial score (nSPS) is 12.8. The van der Waals surface area contributed by atoms with Crippen LogP contribution in [0.15, 0.2) is 4.47 Å². The van der Waals surface area contributed by atoms with E-state index in [4.69, 9.17) is 14.2 Å². The summed E-state index contributed by atoms with van der Waals surface area (Å²) in [4.78, 5) is 13.8. The van der Waals surface area contributed by atoms with Gasteiger partial charge in [-0.3, -0.25) is 0 Å². The van der Waals surface area contributed by atoms with Crippen LogP contribution >= 0.6 is 15.9 Å². The molecular formula is C16H28BrN3O4. The van der Waals surface area contributed by atoms with Crippen molar-refractivity contribution in [3.63, 3.8) is 0 Å². The highest BCUT2D eigenvalue weighted by Crippen LogP contribution is 2.29. The number of hydrogen-bond donors (Lipinski definition) is 0. The number of rotatable bonds is 7. The third-order valence-electron chi connectivity index (χ3n) is 3.11. The van der Waals surface area contributed by atoms with Crippen LogP contribution < -0.4 is 4.74 Å². The Labute approximate surface area is 152 Å². The molecule has 1 aromatic heterocycles. The number of hydrogen-bond acceptors (Lipinski definition) is 5. The van der Waals surface area contributed by atoms with Crippen molar-refractivity contribution in [2.75, 3.05) is 20.2 Å². The van der Waals surface area contributed by atoms with Gasteiger partial charge in [-0.2, -0.15) is 5.10 Å². The number of amides is 1. The lowest BCUT2D eigenvalue weighted by Crippen LogP contribution is -2.41. The Hall–Kier alpha value is -1.28. The summed E-state index contributed by atoms with van der Waals surface area (Å²) in [7, 11) is 3.42. The molecule has 1 rings (SSSR count). The summed E-state index contributed by atoms with van der Waals surface area (Å²) in [6, 6.07) is 0. The Kier molecular flexibility index (Phi) is 7.54. The van der Waals surface area contributed by atoms with Crippen LogP contribution in [-0.4, -0.2) is 52.7 Å². The molecule has 0 N–H and O–H groups in total. The van der Waals surface area contributed by atoms with Crippen molar-refractivity contribution in [2.24, 2.45) is 7.05 Å². The topological polar surface area (TPSA) is 65.8 Å². The molecule has 0 saturated carbocycles. The summed E-state index contributed by atoms with van der Waals surface area (Å²) >= 11 is 3.49. The van der Waals surface area contributed by atoms with E-state index in [1.54, 1.807) is 23.7 Å². The summed E-state index contributed by atoms with van der Waals surface area (Å²) in [5.74, 6) is 0.606. The van der Waals surface area contributed by atoms with Gasteiger partial charge in [0, 0.05) is 20.7 Å². The van der Waals surface area contributed by atoms with Crippen molar-refractivity contribution in [2.45, 2.75) is 52.9 Å². The van der Waals surface area contributed by atoms with E-state index in [0.29, 0.717) is 25.6 Å². The summed E-state index contributed by atoms with van der Waals surface area (Å²) in [6.07, 6.45) is -0.566. The highest BCUT2D eigenvalue weighted by molar-refractivity contribution is 9.10. The van der Waals surface area contributed by atoms with Gasteiger partial charge in [0.05, 0.1) is 13.2 Å². The molecule has 1 unspecified atom stereocenters. The summed E-state index contributed by atoms with van der Waals surface area (Å²) < 4.78 is 18.9. The molecule has 0 aromatic carbocycles. The van der Waals surface area contributed by atoms with Crippen molar-refractivity contribution in [1.29, 1.82) is 0 Å². The second-order valence-electron chi connectivity index (χ2n) is 6.57. The maximum Gasteiger partial charge on any atom is 0.410 e. The Morgan fingerprint density at radius 3 is 2.54 bits per heavy atom. The lowest BCUT2D eigenvalue weighted by atomic mass is 10.2. The van der Waals surface area contributed by atoms with E-state index in [9.17, 15) is 4.79 Å². The summed E-state index contributed by atoms with van der Waals surface area (Å²) in [6.45, 7) is 10.7. The molecule has 24 heavy (non-hydrogen) atoms. The van der Waals surface area contributed by atoms with Crippen LogP contribution in [0.2, 0.25) is 0 Å². The molecule has 1 aromatic rings. The van der Waals surface area contributed by atoms with Crippen molar-refractivity contribution < 1.29 is 19.0 Å². The number of likely N-dealkylation sites (N-methyl/N-ethyl adjacent to an activating group) is 1. The van der Waals surface area contributed by atoms with Gasteiger partial charge in [-0.1, -0.05) is 0 Å². The number of nitrogens with zero attached hydrogens (tertiary/aromatic N) is 3. The predicted octanol–water partition coefficient (Wildman–Crippen LogP) is 3.35. The lowest BCUT2D eigenvalue weighted by Gasteiger charge is -2.28. The molecule has 0 saturated heterocycles. The Morgan fingerprint density at radius 1 is 1.42 bits per heavy atom. The van der Waals surface area contributed by atoms with Gasteiger partial charge in [-0.25, -0.2) is 9.48 Å². The molecule has 0 spiro atoms. The van der Waals surface area contributed by atoms with Crippen molar-refractivity contribution in [3.8, 4) is 5.88 Å². The molecule has 8 heteroatoms. The maximum atomic E-state index is 12.2. The number of methoxy groups -OCH3 is 1. The molecule has 0 aliphatic carbocycles. The van der Waals surface area contributed by atoms with E-state index in [2.05, 4.69) is 21.0 Å². The Bertz CT molecular complexity index is 554. The quantitative estimate of drug-likeness (QED) is 0.695. The fourth-order valence-electron chi connectivity index (χ4n) is 2.09. The predicted molar refractivity (Wildman–Crippen MR) is 95.2 cm³/mol. The number of aryl methyl sites for hydroxylation is 1. The van der Waals surface area contributed by atoms with Crippen LogP contribution in [0.3, 0.4) is 0 Å². The third-order valence-corrected chi connectivity index (χ3v) is 3.91. The van der Waals surface area contributed by atoms with Crippen molar-refractivity contribution >= 4 is 22.0 Å². The van der Waals surface area contributed by atoms with Gasteiger partial charge in [-0.15, -0.1) is 0 Å². The number of carbonyl (C=O) groups is 1. The molecule has 0 radical (unpaired) electrons. The lowest BCUT2D eigenvalue weighted by molar-refractivity contribution is 0.0187. The molecule has 0 aliphatic rings. The molecule has 0 bridgehead atoms. The average molecular weight is 406 g/mol. The molecule has 1 amide bonds. The van der Waals surface area contributed by atoms with Crippen LogP contribution in [0.1, 0.15) is 40.3 Å². The van der Waals surface area contributed by atoms with Gasteiger partial charge in [0.15, 0.2) is 0 Å².